The average Bonchev–Trinajstić information content (AvgIpc) is 3.04. The quantitative estimate of drug-likeness (QED) is 0.0861. The molecule has 2 aromatic rings. The minimum atomic E-state index is -0.959. The summed E-state index contributed by atoms with van der Waals surface area (Å²) in [6.45, 7) is 6.59. The van der Waals surface area contributed by atoms with Gasteiger partial charge in [0, 0.05) is 12.6 Å². The van der Waals surface area contributed by atoms with Crippen molar-refractivity contribution in [1.29, 1.82) is 0 Å². The maximum Gasteiger partial charge on any atom is 0.311 e. The summed E-state index contributed by atoms with van der Waals surface area (Å²) in [5, 5.41) is 13.2. The number of carbonyl (C=O) groups is 2. The molecule has 1 unspecified atom stereocenters. The molecule has 244 valence electrons. The lowest BCUT2D eigenvalue weighted by Gasteiger charge is -2.20. The zero-order valence-corrected chi connectivity index (χ0v) is 27.3. The Kier molecular flexibility index (Phi) is 18.4. The fourth-order valence-corrected chi connectivity index (χ4v) is 5.49. The fraction of sp³-hybridized carbons (Fsp3) is 0.568. The first-order valence-corrected chi connectivity index (χ1v) is 16.5. The van der Waals surface area contributed by atoms with E-state index >= 15 is 0 Å². The van der Waals surface area contributed by atoms with Crippen LogP contribution in [0.5, 0.6) is 17.2 Å². The molecule has 1 amide bonds. The molecule has 0 heterocycles. The van der Waals surface area contributed by atoms with Gasteiger partial charge in [0.2, 0.25) is 0 Å². The second kappa shape index (κ2) is 22.1. The van der Waals surface area contributed by atoms with Crippen LogP contribution in [0.15, 0.2) is 49.1 Å². The molecule has 0 aliphatic rings. The van der Waals surface area contributed by atoms with Crippen LogP contribution in [0, 0.1) is 0 Å². The van der Waals surface area contributed by atoms with Gasteiger partial charge in [-0.15, -0.1) is 0 Å². The van der Waals surface area contributed by atoms with E-state index in [1.807, 2.05) is 24.3 Å². The van der Waals surface area contributed by atoms with Crippen LogP contribution in [0.2, 0.25) is 0 Å². The Morgan fingerprint density at radius 3 is 1.89 bits per heavy atom. The van der Waals surface area contributed by atoms with E-state index in [9.17, 15) is 14.7 Å². The smallest absolute Gasteiger partial charge is 0.311 e. The second-order valence-corrected chi connectivity index (χ2v) is 11.5. The van der Waals surface area contributed by atoms with Crippen LogP contribution in [0.4, 0.5) is 0 Å². The summed E-state index contributed by atoms with van der Waals surface area (Å²) in [6, 6.07) is 10.7. The predicted octanol–water partition coefficient (Wildman–Crippen LogP) is 9.24. The standard InChI is InChI=1S/C37H55NO6/c1-5-7-8-9-10-11-12-13-14-15-16-17-18-19-20-32(37(40)41)33-26-31(42-3)27-34(43-4)35(33)36(39)38-28-29-21-23-30(24-22-29)44-25-6-2/h6,21-24,26-27,32H,2,5,7-20,25,28H2,1,3-4H3,(H,38,39)(H,40,41). The van der Waals surface area contributed by atoms with Crippen molar-refractivity contribution in [2.45, 2.75) is 116 Å². The largest absolute Gasteiger partial charge is 0.497 e. The molecule has 0 saturated carbocycles. The molecule has 2 N–H and O–H groups in total. The summed E-state index contributed by atoms with van der Waals surface area (Å²) < 4.78 is 16.5. The summed E-state index contributed by atoms with van der Waals surface area (Å²) in [7, 11) is 2.99. The predicted molar refractivity (Wildman–Crippen MR) is 178 cm³/mol. The molecule has 0 fully saturated rings. The molecule has 2 aromatic carbocycles. The normalized spacial score (nSPS) is 11.5. The number of carboxylic acids is 1. The van der Waals surface area contributed by atoms with Gasteiger partial charge in [-0.3, -0.25) is 9.59 Å². The Morgan fingerprint density at radius 1 is 0.818 bits per heavy atom. The molecule has 0 spiro atoms. The molecule has 7 nitrogen and oxygen atoms in total. The maximum absolute atomic E-state index is 13.5. The van der Waals surface area contributed by atoms with Gasteiger partial charge >= 0.3 is 5.97 Å². The monoisotopic (exact) mass is 609 g/mol. The van der Waals surface area contributed by atoms with E-state index in [2.05, 4.69) is 18.8 Å². The molecule has 0 aliphatic carbocycles. The maximum atomic E-state index is 13.5. The number of rotatable bonds is 25. The molecule has 0 aromatic heterocycles. The van der Waals surface area contributed by atoms with Crippen LogP contribution in [0.1, 0.15) is 131 Å². The average molecular weight is 610 g/mol. The number of ether oxygens (including phenoxy) is 3. The molecule has 1 atom stereocenters. The molecule has 44 heavy (non-hydrogen) atoms. The molecule has 2 rings (SSSR count). The fourth-order valence-electron chi connectivity index (χ4n) is 5.49. The van der Waals surface area contributed by atoms with Gasteiger partial charge in [-0.25, -0.2) is 0 Å². The van der Waals surface area contributed by atoms with E-state index in [-0.39, 0.29) is 17.9 Å². The Morgan fingerprint density at radius 2 is 1.39 bits per heavy atom. The highest BCUT2D eigenvalue weighted by Gasteiger charge is 2.29. The van der Waals surface area contributed by atoms with Crippen molar-refractivity contribution in [3.8, 4) is 17.2 Å². The van der Waals surface area contributed by atoms with Crippen LogP contribution in [0.25, 0.3) is 0 Å². The lowest BCUT2D eigenvalue weighted by atomic mass is 9.88. The third-order valence-corrected chi connectivity index (χ3v) is 8.05. The number of aliphatic carboxylic acids is 1. The number of carbonyl (C=O) groups excluding carboxylic acids is 1. The third kappa shape index (κ3) is 13.4. The first-order valence-electron chi connectivity index (χ1n) is 16.5. The number of hydrogen-bond donors (Lipinski definition) is 2. The van der Waals surface area contributed by atoms with Gasteiger partial charge in [-0.05, 0) is 35.7 Å². The molecular formula is C37H55NO6. The topological polar surface area (TPSA) is 94.1 Å². The van der Waals surface area contributed by atoms with Gasteiger partial charge in [0.25, 0.3) is 5.91 Å². The van der Waals surface area contributed by atoms with Crippen LogP contribution >= 0.6 is 0 Å². The third-order valence-electron chi connectivity index (χ3n) is 8.05. The van der Waals surface area contributed by atoms with Gasteiger partial charge in [0.1, 0.15) is 23.9 Å². The molecule has 7 heteroatoms. The molecule has 0 radical (unpaired) electrons. The highest BCUT2D eigenvalue weighted by Crippen LogP contribution is 2.36. The molecule has 0 saturated heterocycles. The van der Waals surface area contributed by atoms with Crippen molar-refractivity contribution in [2.24, 2.45) is 0 Å². The van der Waals surface area contributed by atoms with Crippen molar-refractivity contribution >= 4 is 11.9 Å². The van der Waals surface area contributed by atoms with Crippen LogP contribution in [0.3, 0.4) is 0 Å². The van der Waals surface area contributed by atoms with E-state index in [0.717, 1.165) is 24.8 Å². The van der Waals surface area contributed by atoms with Crippen molar-refractivity contribution < 1.29 is 28.9 Å². The summed E-state index contributed by atoms with van der Waals surface area (Å²) in [5.74, 6) is -0.740. The molecule has 0 bridgehead atoms. The summed E-state index contributed by atoms with van der Waals surface area (Å²) in [4.78, 5) is 26.0. The van der Waals surface area contributed by atoms with Crippen LogP contribution in [-0.4, -0.2) is 37.8 Å². The molecular weight excluding hydrogens is 554 g/mol. The first kappa shape index (κ1) is 36.7. The number of unbranched alkanes of at least 4 members (excludes halogenated alkanes) is 13. The van der Waals surface area contributed by atoms with Crippen LogP contribution in [-0.2, 0) is 11.3 Å². The van der Waals surface area contributed by atoms with Gasteiger partial charge in [-0.2, -0.15) is 0 Å². The van der Waals surface area contributed by atoms with Crippen molar-refractivity contribution in [3.05, 3.63) is 65.7 Å². The Labute approximate surface area is 265 Å². The van der Waals surface area contributed by atoms with E-state index in [1.54, 1.807) is 18.2 Å². The van der Waals surface area contributed by atoms with Crippen molar-refractivity contribution in [1.82, 2.24) is 5.32 Å². The highest BCUT2D eigenvalue weighted by molar-refractivity contribution is 6.00. The van der Waals surface area contributed by atoms with E-state index < -0.39 is 17.8 Å². The minimum Gasteiger partial charge on any atom is -0.497 e. The number of amides is 1. The number of carboxylic acid groups (broad SMARTS) is 1. The molecule has 0 aliphatic heterocycles. The summed E-state index contributed by atoms with van der Waals surface area (Å²) in [6.07, 6.45) is 19.4. The van der Waals surface area contributed by atoms with Gasteiger partial charge in [0.15, 0.2) is 0 Å². The van der Waals surface area contributed by atoms with E-state index in [0.29, 0.717) is 30.1 Å². The Balaban J connectivity index is 1.93. The second-order valence-electron chi connectivity index (χ2n) is 11.5. The summed E-state index contributed by atoms with van der Waals surface area (Å²) >= 11 is 0. The van der Waals surface area contributed by atoms with E-state index in [4.69, 9.17) is 14.2 Å². The summed E-state index contributed by atoms with van der Waals surface area (Å²) in [5.41, 5.74) is 1.53. The van der Waals surface area contributed by atoms with Crippen LogP contribution < -0.4 is 19.5 Å². The number of nitrogens with one attached hydrogen (secondary N) is 1. The number of hydrogen-bond acceptors (Lipinski definition) is 5. The minimum absolute atomic E-state index is 0.233. The van der Waals surface area contributed by atoms with Crippen molar-refractivity contribution in [3.63, 3.8) is 0 Å². The van der Waals surface area contributed by atoms with Crippen molar-refractivity contribution in [2.75, 3.05) is 20.8 Å². The first-order chi connectivity index (χ1) is 21.4. The lowest BCUT2D eigenvalue weighted by molar-refractivity contribution is -0.139. The Bertz CT molecular complexity index is 1110. The number of methoxy groups -OCH3 is 2. The highest BCUT2D eigenvalue weighted by atomic mass is 16.5. The van der Waals surface area contributed by atoms with Gasteiger partial charge < -0.3 is 24.6 Å². The van der Waals surface area contributed by atoms with Gasteiger partial charge in [-0.1, -0.05) is 122 Å². The SMILES string of the molecule is C=CCOc1ccc(CNC(=O)c2c(OC)cc(OC)cc2C(CCCCCCCCCCCCCCCC)C(=O)O)cc1. The zero-order valence-electron chi connectivity index (χ0n) is 27.3. The number of benzene rings is 2. The van der Waals surface area contributed by atoms with Gasteiger partial charge in [0.05, 0.1) is 25.7 Å². The lowest BCUT2D eigenvalue weighted by Crippen LogP contribution is -2.26. The van der Waals surface area contributed by atoms with E-state index in [1.165, 1.54) is 84.8 Å². The Hall–Kier alpha value is -3.48. The zero-order chi connectivity index (χ0) is 32.0.